The summed E-state index contributed by atoms with van der Waals surface area (Å²) in [5.74, 6) is 0.982. The monoisotopic (exact) mass is 282 g/mol. The highest BCUT2D eigenvalue weighted by Gasteiger charge is 2.33. The van der Waals surface area contributed by atoms with E-state index in [4.69, 9.17) is 0 Å². The molecular weight excluding hydrogens is 248 g/mol. The summed E-state index contributed by atoms with van der Waals surface area (Å²) >= 11 is 0. The maximum Gasteiger partial charge on any atom is 0.0613 e. The van der Waals surface area contributed by atoms with Crippen LogP contribution in [0, 0.1) is 5.92 Å². The normalized spacial score (nSPS) is 28.1. The van der Waals surface area contributed by atoms with Crippen LogP contribution < -0.4 is 5.32 Å². The predicted molar refractivity (Wildman–Crippen MR) is 85.0 cm³/mol. The third-order valence-electron chi connectivity index (χ3n) is 5.97. The summed E-state index contributed by atoms with van der Waals surface area (Å²) in [4.78, 5) is 2.75. The molecule has 2 fully saturated rings. The standard InChI is InChI=1S/C17H34N2O/c1-3-17(14-20,18-2)11-7-13-19-12-6-10-16(19)15-8-4-5-9-15/h15-16,18,20H,3-14H2,1-2H3. The van der Waals surface area contributed by atoms with Crippen molar-refractivity contribution in [2.75, 3.05) is 26.7 Å². The summed E-state index contributed by atoms with van der Waals surface area (Å²) in [6.45, 7) is 4.96. The fraction of sp³-hybridized carbons (Fsp3) is 1.00. The Morgan fingerprint density at radius 2 is 1.95 bits per heavy atom. The number of hydrogen-bond donors (Lipinski definition) is 2. The van der Waals surface area contributed by atoms with Crippen molar-refractivity contribution in [1.29, 1.82) is 0 Å². The summed E-state index contributed by atoms with van der Waals surface area (Å²) in [5, 5.41) is 13.0. The van der Waals surface area contributed by atoms with E-state index in [1.54, 1.807) is 0 Å². The average Bonchev–Trinajstić information content (AvgIpc) is 3.14. The van der Waals surface area contributed by atoms with Gasteiger partial charge in [-0.1, -0.05) is 19.8 Å². The minimum atomic E-state index is -0.0530. The molecule has 0 aromatic heterocycles. The van der Waals surface area contributed by atoms with E-state index >= 15 is 0 Å². The molecule has 1 saturated carbocycles. The highest BCUT2D eigenvalue weighted by Crippen LogP contribution is 2.35. The van der Waals surface area contributed by atoms with Gasteiger partial charge in [0.1, 0.15) is 0 Å². The molecule has 2 N–H and O–H groups in total. The van der Waals surface area contributed by atoms with Crippen LogP contribution in [0.25, 0.3) is 0 Å². The van der Waals surface area contributed by atoms with Crippen molar-refractivity contribution in [3.05, 3.63) is 0 Å². The third kappa shape index (κ3) is 3.75. The quantitative estimate of drug-likeness (QED) is 0.718. The molecule has 2 rings (SSSR count). The van der Waals surface area contributed by atoms with E-state index in [0.29, 0.717) is 0 Å². The van der Waals surface area contributed by atoms with Crippen molar-refractivity contribution in [3.8, 4) is 0 Å². The van der Waals surface area contributed by atoms with Crippen molar-refractivity contribution in [2.45, 2.75) is 76.3 Å². The molecule has 0 bridgehead atoms. The number of nitrogens with one attached hydrogen (secondary N) is 1. The molecule has 0 amide bonds. The molecule has 3 heteroatoms. The lowest BCUT2D eigenvalue weighted by Crippen LogP contribution is -2.46. The average molecular weight is 282 g/mol. The Labute approximate surface area is 125 Å². The van der Waals surface area contributed by atoms with Gasteiger partial charge in [-0.3, -0.25) is 0 Å². The van der Waals surface area contributed by atoms with Gasteiger partial charge in [-0.2, -0.15) is 0 Å². The van der Waals surface area contributed by atoms with Crippen LogP contribution >= 0.6 is 0 Å². The van der Waals surface area contributed by atoms with Gasteiger partial charge in [0.05, 0.1) is 6.61 Å². The smallest absolute Gasteiger partial charge is 0.0613 e. The molecule has 2 unspecified atom stereocenters. The fourth-order valence-electron chi connectivity index (χ4n) is 4.37. The SMILES string of the molecule is CCC(CO)(CCCN1CCCC1C1CCCC1)NC. The second kappa shape index (κ2) is 7.77. The summed E-state index contributed by atoms with van der Waals surface area (Å²) in [6, 6.07) is 0.872. The van der Waals surface area contributed by atoms with Crippen LogP contribution in [-0.4, -0.2) is 48.3 Å². The number of aliphatic hydroxyl groups is 1. The Morgan fingerprint density at radius 1 is 1.20 bits per heavy atom. The molecule has 1 aliphatic heterocycles. The number of likely N-dealkylation sites (N-methyl/N-ethyl adjacent to an activating group) is 1. The minimum absolute atomic E-state index is 0.0530. The summed E-state index contributed by atoms with van der Waals surface area (Å²) in [6.07, 6.45) is 12.0. The van der Waals surface area contributed by atoms with Gasteiger partial charge in [-0.05, 0) is 71.0 Å². The van der Waals surface area contributed by atoms with Crippen LogP contribution in [0.5, 0.6) is 0 Å². The van der Waals surface area contributed by atoms with E-state index in [1.165, 1.54) is 58.0 Å². The molecule has 1 aliphatic carbocycles. The van der Waals surface area contributed by atoms with Crippen LogP contribution in [0.1, 0.15) is 64.7 Å². The predicted octanol–water partition coefficient (Wildman–Crippen LogP) is 2.78. The zero-order chi connectivity index (χ0) is 14.4. The maximum absolute atomic E-state index is 9.62. The molecular formula is C17H34N2O. The van der Waals surface area contributed by atoms with Gasteiger partial charge in [0.15, 0.2) is 0 Å². The molecule has 3 nitrogen and oxygen atoms in total. The second-order valence-corrected chi connectivity index (χ2v) is 6.94. The highest BCUT2D eigenvalue weighted by atomic mass is 16.3. The Balaban J connectivity index is 1.77. The molecule has 2 aliphatic rings. The lowest BCUT2D eigenvalue weighted by Gasteiger charge is -2.33. The first-order chi connectivity index (χ1) is 9.74. The number of likely N-dealkylation sites (tertiary alicyclic amines) is 1. The van der Waals surface area contributed by atoms with Crippen molar-refractivity contribution in [3.63, 3.8) is 0 Å². The Hall–Kier alpha value is -0.120. The number of nitrogens with zero attached hydrogens (tertiary/aromatic N) is 1. The molecule has 0 spiro atoms. The zero-order valence-corrected chi connectivity index (χ0v) is 13.5. The number of aliphatic hydroxyl groups excluding tert-OH is 1. The van der Waals surface area contributed by atoms with Crippen LogP contribution in [-0.2, 0) is 0 Å². The van der Waals surface area contributed by atoms with Gasteiger partial charge in [-0.15, -0.1) is 0 Å². The first-order valence-corrected chi connectivity index (χ1v) is 8.78. The molecule has 118 valence electrons. The van der Waals surface area contributed by atoms with Gasteiger partial charge in [0, 0.05) is 11.6 Å². The third-order valence-corrected chi connectivity index (χ3v) is 5.97. The van der Waals surface area contributed by atoms with Gasteiger partial charge in [0.2, 0.25) is 0 Å². The van der Waals surface area contributed by atoms with Gasteiger partial charge >= 0.3 is 0 Å². The Morgan fingerprint density at radius 3 is 2.55 bits per heavy atom. The van der Waals surface area contributed by atoms with E-state index in [2.05, 4.69) is 17.1 Å². The minimum Gasteiger partial charge on any atom is -0.394 e. The lowest BCUT2D eigenvalue weighted by atomic mass is 9.91. The van der Waals surface area contributed by atoms with Gasteiger partial charge in [0.25, 0.3) is 0 Å². The molecule has 1 heterocycles. The zero-order valence-electron chi connectivity index (χ0n) is 13.5. The molecule has 0 aromatic rings. The second-order valence-electron chi connectivity index (χ2n) is 6.94. The summed E-state index contributed by atoms with van der Waals surface area (Å²) in [7, 11) is 1.98. The Bertz CT molecular complexity index is 264. The van der Waals surface area contributed by atoms with Gasteiger partial charge in [-0.25, -0.2) is 0 Å². The maximum atomic E-state index is 9.62. The molecule has 1 saturated heterocycles. The summed E-state index contributed by atoms with van der Waals surface area (Å²) in [5.41, 5.74) is -0.0530. The Kier molecular flexibility index (Phi) is 6.31. The number of hydrogen-bond acceptors (Lipinski definition) is 3. The van der Waals surface area contributed by atoms with Crippen LogP contribution in [0.3, 0.4) is 0 Å². The number of rotatable bonds is 8. The first-order valence-electron chi connectivity index (χ1n) is 8.78. The topological polar surface area (TPSA) is 35.5 Å². The summed E-state index contributed by atoms with van der Waals surface area (Å²) < 4.78 is 0. The largest absolute Gasteiger partial charge is 0.394 e. The van der Waals surface area contributed by atoms with Crippen molar-refractivity contribution < 1.29 is 5.11 Å². The van der Waals surface area contributed by atoms with Crippen LogP contribution in [0.15, 0.2) is 0 Å². The van der Waals surface area contributed by atoms with Crippen molar-refractivity contribution in [2.24, 2.45) is 5.92 Å². The van der Waals surface area contributed by atoms with E-state index < -0.39 is 0 Å². The van der Waals surface area contributed by atoms with E-state index in [-0.39, 0.29) is 12.1 Å². The van der Waals surface area contributed by atoms with Crippen molar-refractivity contribution in [1.82, 2.24) is 10.2 Å². The van der Waals surface area contributed by atoms with Gasteiger partial charge < -0.3 is 15.3 Å². The lowest BCUT2D eigenvalue weighted by molar-refractivity contribution is 0.137. The molecule has 0 radical (unpaired) electrons. The van der Waals surface area contributed by atoms with E-state index in [1.807, 2.05) is 7.05 Å². The van der Waals surface area contributed by atoms with Crippen LogP contribution in [0.2, 0.25) is 0 Å². The highest BCUT2D eigenvalue weighted by molar-refractivity contribution is 4.89. The molecule has 20 heavy (non-hydrogen) atoms. The van der Waals surface area contributed by atoms with Crippen LogP contribution in [0.4, 0.5) is 0 Å². The fourth-order valence-corrected chi connectivity index (χ4v) is 4.37. The molecule has 2 atom stereocenters. The van der Waals surface area contributed by atoms with E-state index in [0.717, 1.165) is 24.8 Å². The first kappa shape index (κ1) is 16.3. The molecule has 0 aromatic carbocycles. The van der Waals surface area contributed by atoms with Crippen molar-refractivity contribution >= 4 is 0 Å². The van der Waals surface area contributed by atoms with E-state index in [9.17, 15) is 5.11 Å².